The highest BCUT2D eigenvalue weighted by Crippen LogP contribution is 2.32. The third-order valence-corrected chi connectivity index (χ3v) is 4.59. The minimum absolute atomic E-state index is 0.0528. The first-order valence-electron chi connectivity index (χ1n) is 7.63. The van der Waals surface area contributed by atoms with E-state index in [0.29, 0.717) is 6.07 Å². The fourth-order valence-electron chi connectivity index (χ4n) is 2.38. The summed E-state index contributed by atoms with van der Waals surface area (Å²) in [7, 11) is 0. The van der Waals surface area contributed by atoms with Gasteiger partial charge in [-0.25, -0.2) is 13.6 Å². The molecule has 2 aromatic rings. The number of nitrogens with one attached hydrogen (secondary N) is 1. The molecule has 2 rings (SSSR count). The van der Waals surface area contributed by atoms with E-state index in [1.54, 1.807) is 36.4 Å². The number of phenolic OH excluding ortho intramolecular Hbond substituents is 1. The predicted octanol–water partition coefficient (Wildman–Crippen LogP) is 3.78. The number of aliphatic carboxylic acids is 1. The molecule has 3 N–H and O–H groups in total. The number of phenols is 1. The van der Waals surface area contributed by atoms with Crippen molar-refractivity contribution in [2.24, 2.45) is 5.92 Å². The van der Waals surface area contributed by atoms with Crippen molar-refractivity contribution in [3.63, 3.8) is 0 Å². The zero-order chi connectivity index (χ0) is 19.6. The molecule has 5 nitrogen and oxygen atoms in total. The van der Waals surface area contributed by atoms with Gasteiger partial charge in [-0.05, 0) is 58.3 Å². The zero-order valence-corrected chi connectivity index (χ0v) is 16.0. The quantitative estimate of drug-likeness (QED) is 0.575. The van der Waals surface area contributed by atoms with Crippen molar-refractivity contribution in [2.75, 3.05) is 0 Å². The summed E-state index contributed by atoms with van der Waals surface area (Å²) in [5, 5.41) is 21.7. The van der Waals surface area contributed by atoms with Gasteiger partial charge in [-0.2, -0.15) is 0 Å². The summed E-state index contributed by atoms with van der Waals surface area (Å²) in [6.07, 6.45) is 0. The molecule has 0 aliphatic rings. The second kappa shape index (κ2) is 7.98. The maximum absolute atomic E-state index is 14.0. The molecule has 1 amide bonds. The van der Waals surface area contributed by atoms with E-state index in [4.69, 9.17) is 0 Å². The Bertz CT molecular complexity index is 871. The van der Waals surface area contributed by atoms with Crippen molar-refractivity contribution in [3.05, 3.63) is 51.1 Å². The highest BCUT2D eigenvalue weighted by molar-refractivity contribution is 14.1. The Hall–Kier alpha value is -2.23. The fourth-order valence-corrected chi connectivity index (χ4v) is 3.01. The third-order valence-electron chi connectivity index (χ3n) is 3.77. The van der Waals surface area contributed by atoms with E-state index < -0.39 is 29.6 Å². The second-order valence-electron chi connectivity index (χ2n) is 6.01. The van der Waals surface area contributed by atoms with Crippen LogP contribution < -0.4 is 5.32 Å². The number of aromatic hydroxyl groups is 1. The Kier molecular flexibility index (Phi) is 6.17. The van der Waals surface area contributed by atoms with Crippen molar-refractivity contribution >= 4 is 34.5 Å². The molecule has 0 saturated carbocycles. The van der Waals surface area contributed by atoms with Crippen LogP contribution in [0.5, 0.6) is 5.75 Å². The highest BCUT2D eigenvalue weighted by Gasteiger charge is 2.26. The first-order valence-corrected chi connectivity index (χ1v) is 8.71. The normalized spacial score (nSPS) is 12.1. The first kappa shape index (κ1) is 20.1. The van der Waals surface area contributed by atoms with Gasteiger partial charge < -0.3 is 15.5 Å². The molecule has 26 heavy (non-hydrogen) atoms. The lowest BCUT2D eigenvalue weighted by molar-refractivity contribution is -0.140. The third kappa shape index (κ3) is 4.29. The van der Waals surface area contributed by atoms with Crippen LogP contribution in [0.1, 0.15) is 24.2 Å². The van der Waals surface area contributed by atoms with Gasteiger partial charge in [0.1, 0.15) is 23.4 Å². The molecule has 138 valence electrons. The summed E-state index contributed by atoms with van der Waals surface area (Å²) in [5.74, 6) is -4.28. The topological polar surface area (TPSA) is 86.6 Å². The van der Waals surface area contributed by atoms with E-state index in [1.807, 2.05) is 0 Å². The van der Waals surface area contributed by atoms with Gasteiger partial charge in [-0.1, -0.05) is 13.8 Å². The molecule has 0 aliphatic heterocycles. The van der Waals surface area contributed by atoms with Crippen LogP contribution >= 0.6 is 22.6 Å². The average Bonchev–Trinajstić information content (AvgIpc) is 2.54. The molecule has 0 heterocycles. The van der Waals surface area contributed by atoms with Crippen molar-refractivity contribution in [3.8, 4) is 16.9 Å². The van der Waals surface area contributed by atoms with Crippen LogP contribution in [0.25, 0.3) is 11.1 Å². The minimum atomic E-state index is -1.21. The highest BCUT2D eigenvalue weighted by atomic mass is 127. The molecule has 0 saturated heterocycles. The minimum Gasteiger partial charge on any atom is -0.506 e. The Morgan fingerprint density at radius 1 is 1.15 bits per heavy atom. The van der Waals surface area contributed by atoms with Crippen LogP contribution in [-0.2, 0) is 4.79 Å². The van der Waals surface area contributed by atoms with E-state index in [-0.39, 0.29) is 31.9 Å². The molecule has 0 aliphatic carbocycles. The van der Waals surface area contributed by atoms with Gasteiger partial charge >= 0.3 is 5.97 Å². The van der Waals surface area contributed by atoms with Crippen LogP contribution in [0.3, 0.4) is 0 Å². The first-order chi connectivity index (χ1) is 12.1. The lowest BCUT2D eigenvalue weighted by Gasteiger charge is -2.19. The van der Waals surface area contributed by atoms with Gasteiger partial charge in [0, 0.05) is 11.6 Å². The SMILES string of the molecule is CC(C)C(NC(=O)c1cc(-c2ccc(F)cc2F)cc(I)c1O)C(=O)O. The van der Waals surface area contributed by atoms with E-state index in [2.05, 4.69) is 5.32 Å². The fraction of sp³-hybridized carbons (Fsp3) is 0.222. The largest absolute Gasteiger partial charge is 0.506 e. The predicted molar refractivity (Wildman–Crippen MR) is 99.9 cm³/mol. The molecule has 0 aromatic heterocycles. The van der Waals surface area contributed by atoms with E-state index in [1.165, 1.54) is 18.2 Å². The van der Waals surface area contributed by atoms with Gasteiger partial charge in [0.2, 0.25) is 0 Å². The number of carbonyl (C=O) groups is 2. The number of benzene rings is 2. The smallest absolute Gasteiger partial charge is 0.326 e. The summed E-state index contributed by atoms with van der Waals surface area (Å²) >= 11 is 1.77. The number of carboxylic acids is 1. The maximum atomic E-state index is 14.0. The number of halogens is 3. The van der Waals surface area contributed by atoms with E-state index in [9.17, 15) is 28.6 Å². The van der Waals surface area contributed by atoms with E-state index in [0.717, 1.165) is 6.07 Å². The van der Waals surface area contributed by atoms with Crippen molar-refractivity contribution in [1.82, 2.24) is 5.32 Å². The number of hydrogen-bond donors (Lipinski definition) is 3. The summed E-state index contributed by atoms with van der Waals surface area (Å²) in [6, 6.07) is 4.56. The molecule has 0 bridgehead atoms. The van der Waals surface area contributed by atoms with E-state index >= 15 is 0 Å². The lowest BCUT2D eigenvalue weighted by Crippen LogP contribution is -2.44. The number of rotatable bonds is 5. The second-order valence-corrected chi connectivity index (χ2v) is 7.17. The molecule has 0 spiro atoms. The molecule has 0 radical (unpaired) electrons. The molecule has 1 atom stereocenters. The van der Waals surface area contributed by atoms with Gasteiger partial charge in [0.25, 0.3) is 5.91 Å². The summed E-state index contributed by atoms with van der Waals surface area (Å²) in [6.45, 7) is 3.26. The Morgan fingerprint density at radius 3 is 2.35 bits per heavy atom. The summed E-state index contributed by atoms with van der Waals surface area (Å²) < 4.78 is 27.4. The molecule has 0 fully saturated rings. The number of carboxylic acid groups (broad SMARTS) is 1. The van der Waals surface area contributed by atoms with Crippen LogP contribution in [0.4, 0.5) is 8.78 Å². The van der Waals surface area contributed by atoms with Gasteiger partial charge in [0.15, 0.2) is 0 Å². The van der Waals surface area contributed by atoms with Crippen LogP contribution in [0, 0.1) is 21.1 Å². The van der Waals surface area contributed by atoms with Gasteiger partial charge in [-0.3, -0.25) is 4.79 Å². The maximum Gasteiger partial charge on any atom is 0.326 e. The zero-order valence-electron chi connectivity index (χ0n) is 13.9. The van der Waals surface area contributed by atoms with Gasteiger partial charge in [0.05, 0.1) is 9.13 Å². The van der Waals surface area contributed by atoms with Crippen molar-refractivity contribution < 1.29 is 28.6 Å². The molecular formula is C18H16F2INO4. The Balaban J connectivity index is 2.48. The molecule has 2 aromatic carbocycles. The number of carbonyl (C=O) groups excluding carboxylic acids is 1. The monoisotopic (exact) mass is 475 g/mol. The van der Waals surface area contributed by atoms with Crippen molar-refractivity contribution in [1.29, 1.82) is 0 Å². The molecular weight excluding hydrogens is 459 g/mol. The summed E-state index contributed by atoms with van der Waals surface area (Å²) in [4.78, 5) is 23.7. The Labute approximate surface area is 162 Å². The van der Waals surface area contributed by atoms with Crippen molar-refractivity contribution in [2.45, 2.75) is 19.9 Å². The number of hydrogen-bond acceptors (Lipinski definition) is 3. The lowest BCUT2D eigenvalue weighted by atomic mass is 10.00. The standard InChI is InChI=1S/C18H16F2INO4/c1-8(2)15(18(25)26)22-17(24)12-5-9(6-14(21)16(12)23)11-4-3-10(19)7-13(11)20/h3-8,15,23H,1-2H3,(H,22,24)(H,25,26). The summed E-state index contributed by atoms with van der Waals surface area (Å²) in [5.41, 5.74) is 0.116. The van der Waals surface area contributed by atoms with Gasteiger partial charge in [-0.15, -0.1) is 0 Å². The molecule has 1 unspecified atom stereocenters. The number of amides is 1. The van der Waals surface area contributed by atoms with Crippen LogP contribution in [0.15, 0.2) is 30.3 Å². The average molecular weight is 475 g/mol. The molecule has 8 heteroatoms. The van der Waals surface area contributed by atoms with Crippen LogP contribution in [0.2, 0.25) is 0 Å². The Morgan fingerprint density at radius 2 is 1.81 bits per heavy atom. The van der Waals surface area contributed by atoms with Crippen LogP contribution in [-0.4, -0.2) is 28.1 Å².